The van der Waals surface area contributed by atoms with Crippen molar-refractivity contribution in [2.75, 3.05) is 18.0 Å². The Labute approximate surface area is 118 Å². The summed E-state index contributed by atoms with van der Waals surface area (Å²) in [6.07, 6.45) is 3.73. The molecule has 0 spiro atoms. The van der Waals surface area contributed by atoms with Crippen LogP contribution < -0.4 is 4.90 Å². The summed E-state index contributed by atoms with van der Waals surface area (Å²) in [5.41, 5.74) is 8.91. The second kappa shape index (κ2) is 3.57. The molecule has 0 saturated carbocycles. The van der Waals surface area contributed by atoms with E-state index in [2.05, 4.69) is 46.6 Å². The van der Waals surface area contributed by atoms with Crippen LogP contribution >= 0.6 is 0 Å². The van der Waals surface area contributed by atoms with E-state index in [1.807, 2.05) is 0 Å². The van der Waals surface area contributed by atoms with Gasteiger partial charge in [0.15, 0.2) is 0 Å². The number of hydrogen-bond donors (Lipinski definition) is 0. The number of rotatable bonds is 0. The second-order valence-electron chi connectivity index (χ2n) is 6.18. The van der Waals surface area contributed by atoms with Crippen molar-refractivity contribution in [1.82, 2.24) is 4.40 Å². The Morgan fingerprint density at radius 2 is 1.95 bits per heavy atom. The zero-order valence-corrected chi connectivity index (χ0v) is 11.8. The molecule has 0 amide bonds. The first-order chi connectivity index (χ1) is 9.84. The van der Waals surface area contributed by atoms with E-state index >= 15 is 0 Å². The van der Waals surface area contributed by atoms with Crippen LogP contribution in [0.2, 0.25) is 0 Å². The third-order valence-corrected chi connectivity index (χ3v) is 5.07. The summed E-state index contributed by atoms with van der Waals surface area (Å²) < 4.78 is 2.49. The van der Waals surface area contributed by atoms with Gasteiger partial charge in [-0.05, 0) is 49.4 Å². The predicted octanol–water partition coefficient (Wildman–Crippen LogP) is 3.71. The molecule has 0 bridgehead atoms. The van der Waals surface area contributed by atoms with Crippen molar-refractivity contribution in [1.29, 1.82) is 0 Å². The fourth-order valence-electron chi connectivity index (χ4n) is 4.30. The summed E-state index contributed by atoms with van der Waals surface area (Å²) in [4.78, 5) is 2.61. The van der Waals surface area contributed by atoms with Gasteiger partial charge in [-0.25, -0.2) is 0 Å². The van der Waals surface area contributed by atoms with Crippen LogP contribution in [0.1, 0.15) is 23.2 Å². The summed E-state index contributed by atoms with van der Waals surface area (Å²) >= 11 is 0. The number of benzene rings is 1. The molecule has 0 fully saturated rings. The van der Waals surface area contributed by atoms with Crippen LogP contribution in [0.15, 0.2) is 30.3 Å². The highest BCUT2D eigenvalue weighted by atomic mass is 15.2. The fourth-order valence-corrected chi connectivity index (χ4v) is 4.30. The fraction of sp³-hybridized carbons (Fsp3) is 0.333. The Hall–Kier alpha value is -1.96. The summed E-state index contributed by atoms with van der Waals surface area (Å²) in [5, 5.41) is 1.45. The lowest BCUT2D eigenvalue weighted by molar-refractivity contribution is 0.679. The Morgan fingerprint density at radius 1 is 1.05 bits per heavy atom. The molecular weight excluding hydrogens is 244 g/mol. The van der Waals surface area contributed by atoms with Gasteiger partial charge in [0.2, 0.25) is 0 Å². The highest BCUT2D eigenvalue weighted by molar-refractivity contribution is 5.99. The molecule has 2 heteroatoms. The summed E-state index contributed by atoms with van der Waals surface area (Å²) in [5.74, 6) is 0. The van der Waals surface area contributed by atoms with E-state index in [1.165, 1.54) is 60.2 Å². The quantitative estimate of drug-likeness (QED) is 0.599. The molecule has 0 N–H and O–H groups in total. The molecule has 1 aromatic carbocycles. The van der Waals surface area contributed by atoms with Crippen molar-refractivity contribution < 1.29 is 0 Å². The summed E-state index contributed by atoms with van der Waals surface area (Å²) in [6, 6.07) is 11.3. The molecule has 2 aliphatic heterocycles. The first-order valence-electron chi connectivity index (χ1n) is 7.64. The monoisotopic (exact) mass is 262 g/mol. The molecule has 2 aliphatic rings. The molecule has 0 saturated heterocycles. The van der Waals surface area contributed by atoms with Crippen LogP contribution in [-0.2, 0) is 12.8 Å². The molecule has 4 heterocycles. The molecule has 20 heavy (non-hydrogen) atoms. The van der Waals surface area contributed by atoms with Crippen molar-refractivity contribution in [3.63, 3.8) is 0 Å². The van der Waals surface area contributed by atoms with Gasteiger partial charge in [-0.3, -0.25) is 0 Å². The summed E-state index contributed by atoms with van der Waals surface area (Å²) in [7, 11) is 0. The molecular formula is C18H18N2. The number of para-hydroxylation sites is 1. The normalized spacial score (nSPS) is 17.1. The number of anilines is 1. The van der Waals surface area contributed by atoms with Crippen molar-refractivity contribution >= 4 is 22.1 Å². The van der Waals surface area contributed by atoms with Crippen molar-refractivity contribution in [3.8, 4) is 0 Å². The molecule has 0 aliphatic carbocycles. The average molecular weight is 262 g/mol. The van der Waals surface area contributed by atoms with Crippen LogP contribution in [0.5, 0.6) is 0 Å². The van der Waals surface area contributed by atoms with Crippen molar-refractivity contribution in [2.24, 2.45) is 0 Å². The number of hydrogen-bond acceptors (Lipinski definition) is 1. The maximum absolute atomic E-state index is 2.61. The molecule has 5 rings (SSSR count). The van der Waals surface area contributed by atoms with E-state index in [-0.39, 0.29) is 0 Å². The average Bonchev–Trinajstić information content (AvgIpc) is 2.82. The van der Waals surface area contributed by atoms with E-state index in [4.69, 9.17) is 0 Å². The third kappa shape index (κ3) is 1.16. The topological polar surface area (TPSA) is 7.65 Å². The van der Waals surface area contributed by atoms with Gasteiger partial charge in [0.25, 0.3) is 0 Å². The number of pyridine rings is 1. The van der Waals surface area contributed by atoms with Crippen molar-refractivity contribution in [3.05, 3.63) is 47.2 Å². The SMILES string of the molecule is Cc1cc2c3c4c(c5ccccc5n14)CCN3CCC2. The molecule has 3 aromatic rings. The molecule has 0 radical (unpaired) electrons. The lowest BCUT2D eigenvalue weighted by atomic mass is 9.95. The van der Waals surface area contributed by atoms with Crippen LogP contribution in [-0.4, -0.2) is 17.5 Å². The van der Waals surface area contributed by atoms with Gasteiger partial charge in [-0.15, -0.1) is 0 Å². The molecule has 2 aromatic heterocycles. The van der Waals surface area contributed by atoms with E-state index in [0.29, 0.717) is 0 Å². The highest BCUT2D eigenvalue weighted by Crippen LogP contribution is 2.42. The molecule has 100 valence electrons. The number of fused-ring (bicyclic) bond motifs is 3. The first-order valence-corrected chi connectivity index (χ1v) is 7.64. The van der Waals surface area contributed by atoms with Gasteiger partial charge in [0, 0.05) is 24.2 Å². The van der Waals surface area contributed by atoms with Crippen LogP contribution in [0.3, 0.4) is 0 Å². The largest absolute Gasteiger partial charge is 0.369 e. The van der Waals surface area contributed by atoms with E-state index in [1.54, 1.807) is 11.1 Å². The standard InChI is InChI=1S/C18H18N2/c1-12-11-13-5-4-9-19-10-8-15-14-6-2-3-7-16(14)20(12)18(15)17(13)19/h2-3,6-7,11H,4-5,8-10H2,1H3. The molecule has 0 atom stereocenters. The third-order valence-electron chi connectivity index (χ3n) is 5.07. The lowest BCUT2D eigenvalue weighted by Gasteiger charge is -2.35. The van der Waals surface area contributed by atoms with Crippen LogP contribution in [0, 0.1) is 6.92 Å². The van der Waals surface area contributed by atoms with Gasteiger partial charge in [0.05, 0.1) is 16.7 Å². The first kappa shape index (κ1) is 10.8. The Balaban J connectivity index is 2.08. The van der Waals surface area contributed by atoms with Gasteiger partial charge in [-0.2, -0.15) is 0 Å². The van der Waals surface area contributed by atoms with Gasteiger partial charge in [0.1, 0.15) is 0 Å². The highest BCUT2D eigenvalue weighted by Gasteiger charge is 2.28. The van der Waals surface area contributed by atoms with E-state index in [9.17, 15) is 0 Å². The minimum Gasteiger partial charge on any atom is -0.369 e. The smallest absolute Gasteiger partial charge is 0.0735 e. The minimum absolute atomic E-state index is 1.19. The second-order valence-corrected chi connectivity index (χ2v) is 6.18. The maximum atomic E-state index is 2.61. The summed E-state index contributed by atoms with van der Waals surface area (Å²) in [6.45, 7) is 4.67. The van der Waals surface area contributed by atoms with Crippen LogP contribution in [0.25, 0.3) is 16.4 Å². The minimum atomic E-state index is 1.19. The number of aromatic nitrogens is 1. The molecule has 0 unspecified atom stereocenters. The van der Waals surface area contributed by atoms with Crippen molar-refractivity contribution in [2.45, 2.75) is 26.2 Å². The Bertz CT molecular complexity index is 857. The predicted molar refractivity (Wildman–Crippen MR) is 83.9 cm³/mol. The van der Waals surface area contributed by atoms with Gasteiger partial charge >= 0.3 is 0 Å². The Morgan fingerprint density at radius 3 is 2.90 bits per heavy atom. The zero-order chi connectivity index (χ0) is 13.3. The zero-order valence-electron chi connectivity index (χ0n) is 11.8. The Kier molecular flexibility index (Phi) is 1.93. The molecule has 2 nitrogen and oxygen atoms in total. The number of aryl methyl sites for hydroxylation is 2. The lowest BCUT2D eigenvalue weighted by Crippen LogP contribution is -2.34. The van der Waals surface area contributed by atoms with Crippen LogP contribution in [0.4, 0.5) is 5.69 Å². The van der Waals surface area contributed by atoms with Gasteiger partial charge in [-0.1, -0.05) is 18.2 Å². The van der Waals surface area contributed by atoms with E-state index in [0.717, 1.165) is 0 Å². The van der Waals surface area contributed by atoms with Gasteiger partial charge < -0.3 is 9.30 Å². The number of nitrogens with zero attached hydrogens (tertiary/aromatic N) is 2. The van der Waals surface area contributed by atoms with E-state index < -0.39 is 0 Å². The maximum Gasteiger partial charge on any atom is 0.0735 e.